The molecule has 5 heteroatoms. The van der Waals surface area contributed by atoms with E-state index in [2.05, 4.69) is 11.1 Å². The molecule has 0 radical (unpaired) electrons. The number of amides is 1. The van der Waals surface area contributed by atoms with Crippen molar-refractivity contribution in [2.75, 3.05) is 19.7 Å². The molecule has 1 saturated heterocycles. The van der Waals surface area contributed by atoms with Crippen molar-refractivity contribution in [1.29, 1.82) is 0 Å². The predicted octanol–water partition coefficient (Wildman–Crippen LogP) is 2.12. The van der Waals surface area contributed by atoms with Crippen LogP contribution in [0.25, 0.3) is 10.9 Å². The minimum atomic E-state index is -1.20. The monoisotopic (exact) mass is 328 g/mol. The first kappa shape index (κ1) is 16.9. The van der Waals surface area contributed by atoms with Crippen LogP contribution in [0.1, 0.15) is 40.0 Å². The molecule has 1 fully saturated rings. The second-order valence-corrected chi connectivity index (χ2v) is 7.00. The molecule has 1 atom stereocenters. The van der Waals surface area contributed by atoms with Gasteiger partial charge in [-0.3, -0.25) is 9.78 Å². The molecule has 1 aromatic heterocycles. The number of aromatic nitrogens is 1. The highest BCUT2D eigenvalue weighted by atomic mass is 16.3. The summed E-state index contributed by atoms with van der Waals surface area (Å²) >= 11 is 0. The minimum Gasteiger partial charge on any atom is -0.393 e. The Morgan fingerprint density at radius 1 is 1.29 bits per heavy atom. The van der Waals surface area contributed by atoms with Gasteiger partial charge in [-0.2, -0.15) is 0 Å². The molecule has 2 aromatic rings. The zero-order valence-corrected chi connectivity index (χ0v) is 14.5. The van der Waals surface area contributed by atoms with E-state index in [0.717, 1.165) is 27.7 Å². The molecule has 1 amide bonds. The van der Waals surface area contributed by atoms with Crippen molar-refractivity contribution < 1.29 is 15.0 Å². The molecule has 128 valence electrons. The number of pyridine rings is 1. The van der Waals surface area contributed by atoms with Gasteiger partial charge in [0.15, 0.2) is 0 Å². The molecular weight excluding hydrogens is 304 g/mol. The van der Waals surface area contributed by atoms with Gasteiger partial charge in [0, 0.05) is 17.6 Å². The van der Waals surface area contributed by atoms with Crippen molar-refractivity contribution in [3.8, 4) is 0 Å². The van der Waals surface area contributed by atoms with Crippen LogP contribution in [0, 0.1) is 20.8 Å². The number of nitrogens with zero attached hydrogens (tertiary/aromatic N) is 2. The van der Waals surface area contributed by atoms with Crippen LogP contribution in [-0.4, -0.2) is 51.3 Å². The van der Waals surface area contributed by atoms with E-state index in [4.69, 9.17) is 0 Å². The van der Waals surface area contributed by atoms with Crippen molar-refractivity contribution in [3.63, 3.8) is 0 Å². The second kappa shape index (κ2) is 6.15. The average Bonchev–Trinajstić information content (AvgIpc) is 2.52. The van der Waals surface area contributed by atoms with E-state index in [1.54, 1.807) is 4.90 Å². The fourth-order valence-electron chi connectivity index (χ4n) is 3.64. The molecule has 1 aromatic carbocycles. The lowest BCUT2D eigenvalue weighted by atomic mass is 9.92. The number of benzene rings is 1. The highest BCUT2D eigenvalue weighted by molar-refractivity contribution is 6.07. The van der Waals surface area contributed by atoms with Crippen LogP contribution in [0.2, 0.25) is 0 Å². The van der Waals surface area contributed by atoms with Crippen molar-refractivity contribution in [3.05, 3.63) is 40.6 Å². The van der Waals surface area contributed by atoms with Crippen LogP contribution in [0.3, 0.4) is 0 Å². The van der Waals surface area contributed by atoms with E-state index in [1.807, 2.05) is 32.9 Å². The van der Waals surface area contributed by atoms with Gasteiger partial charge in [-0.05, 0) is 56.9 Å². The van der Waals surface area contributed by atoms with Crippen molar-refractivity contribution >= 4 is 16.8 Å². The van der Waals surface area contributed by atoms with E-state index in [9.17, 15) is 15.0 Å². The number of β-amino-alcohol motifs (C(OH)–C–C–N with tert-alkyl or cyclic N) is 1. The van der Waals surface area contributed by atoms with Crippen LogP contribution in [0.5, 0.6) is 0 Å². The van der Waals surface area contributed by atoms with Crippen LogP contribution in [0.4, 0.5) is 0 Å². The molecule has 2 heterocycles. The number of rotatable bonds is 2. The van der Waals surface area contributed by atoms with E-state index in [0.29, 0.717) is 24.9 Å². The van der Waals surface area contributed by atoms with E-state index >= 15 is 0 Å². The summed E-state index contributed by atoms with van der Waals surface area (Å²) in [6.45, 7) is 6.32. The summed E-state index contributed by atoms with van der Waals surface area (Å²) in [5.41, 5.74) is 3.18. The fourth-order valence-corrected chi connectivity index (χ4v) is 3.64. The third kappa shape index (κ3) is 3.01. The normalized spacial score (nSPS) is 21.3. The van der Waals surface area contributed by atoms with Crippen LogP contribution in [0.15, 0.2) is 18.2 Å². The molecule has 1 aliphatic rings. The predicted molar refractivity (Wildman–Crippen MR) is 93.1 cm³/mol. The van der Waals surface area contributed by atoms with Gasteiger partial charge in [0.25, 0.3) is 5.91 Å². The Balaban J connectivity index is 2.07. The number of hydrogen-bond donors (Lipinski definition) is 2. The third-order valence-corrected chi connectivity index (χ3v) is 4.75. The number of hydrogen-bond acceptors (Lipinski definition) is 4. The topological polar surface area (TPSA) is 73.7 Å². The lowest BCUT2D eigenvalue weighted by Crippen LogP contribution is -2.52. The standard InChI is InChI=1S/C19H24N2O3/c1-12-7-13(2)17-15(9-14(3)20-16(17)8-12)18(23)21-6-4-5-19(24,10-21)11-22/h7-9,22,24H,4-6,10-11H2,1-3H3/t19-/m1/s1. The Labute approximate surface area is 141 Å². The maximum atomic E-state index is 13.1. The van der Waals surface area contributed by atoms with E-state index in [1.165, 1.54) is 0 Å². The lowest BCUT2D eigenvalue weighted by Gasteiger charge is -2.38. The summed E-state index contributed by atoms with van der Waals surface area (Å²) in [6.07, 6.45) is 1.20. The molecule has 5 nitrogen and oxygen atoms in total. The van der Waals surface area contributed by atoms with Gasteiger partial charge in [-0.15, -0.1) is 0 Å². The van der Waals surface area contributed by atoms with Crippen LogP contribution >= 0.6 is 0 Å². The summed E-state index contributed by atoms with van der Waals surface area (Å²) in [7, 11) is 0. The number of carbonyl (C=O) groups excluding carboxylic acids is 1. The van der Waals surface area contributed by atoms with Gasteiger partial charge in [0.1, 0.15) is 5.60 Å². The van der Waals surface area contributed by atoms with E-state index in [-0.39, 0.29) is 19.1 Å². The highest BCUT2D eigenvalue weighted by Crippen LogP contribution is 2.27. The molecule has 3 rings (SSSR count). The molecule has 24 heavy (non-hydrogen) atoms. The lowest BCUT2D eigenvalue weighted by molar-refractivity contribution is -0.0598. The van der Waals surface area contributed by atoms with Crippen molar-refractivity contribution in [2.24, 2.45) is 0 Å². The molecule has 0 bridgehead atoms. The Morgan fingerprint density at radius 3 is 2.75 bits per heavy atom. The number of aryl methyl sites for hydroxylation is 3. The zero-order valence-electron chi connectivity index (χ0n) is 14.5. The molecular formula is C19H24N2O3. The van der Waals surface area contributed by atoms with E-state index < -0.39 is 5.60 Å². The molecule has 0 spiro atoms. The number of aliphatic hydroxyl groups excluding tert-OH is 1. The summed E-state index contributed by atoms with van der Waals surface area (Å²) in [5, 5.41) is 20.6. The first-order valence-electron chi connectivity index (χ1n) is 8.34. The number of likely N-dealkylation sites (tertiary alicyclic amines) is 1. The molecule has 2 N–H and O–H groups in total. The zero-order chi connectivity index (χ0) is 17.5. The van der Waals surface area contributed by atoms with Crippen LogP contribution < -0.4 is 0 Å². The molecule has 0 saturated carbocycles. The summed E-state index contributed by atoms with van der Waals surface area (Å²) in [6, 6.07) is 5.86. The van der Waals surface area contributed by atoms with Crippen LogP contribution in [-0.2, 0) is 0 Å². The Hall–Kier alpha value is -1.98. The number of carbonyl (C=O) groups is 1. The number of fused-ring (bicyclic) bond motifs is 1. The minimum absolute atomic E-state index is 0.107. The Kier molecular flexibility index (Phi) is 4.32. The quantitative estimate of drug-likeness (QED) is 0.885. The molecule has 0 unspecified atom stereocenters. The van der Waals surface area contributed by atoms with Crippen molar-refractivity contribution in [2.45, 2.75) is 39.2 Å². The SMILES string of the molecule is Cc1cc(C)c2c(C(=O)N3CCC[C@](O)(CO)C3)cc(C)nc2c1. The molecule has 0 aliphatic carbocycles. The largest absolute Gasteiger partial charge is 0.393 e. The Bertz CT molecular complexity index is 798. The second-order valence-electron chi connectivity index (χ2n) is 7.00. The maximum Gasteiger partial charge on any atom is 0.254 e. The summed E-state index contributed by atoms with van der Waals surface area (Å²) in [4.78, 5) is 19.3. The van der Waals surface area contributed by atoms with Gasteiger partial charge in [0.05, 0.1) is 24.2 Å². The third-order valence-electron chi connectivity index (χ3n) is 4.75. The Morgan fingerprint density at radius 2 is 2.04 bits per heavy atom. The fraction of sp³-hybridized carbons (Fsp3) is 0.474. The highest BCUT2D eigenvalue weighted by Gasteiger charge is 2.35. The van der Waals surface area contributed by atoms with Gasteiger partial charge < -0.3 is 15.1 Å². The number of piperidine rings is 1. The van der Waals surface area contributed by atoms with Gasteiger partial charge in [0.2, 0.25) is 0 Å². The summed E-state index contributed by atoms with van der Waals surface area (Å²) in [5.74, 6) is -0.107. The van der Waals surface area contributed by atoms with Gasteiger partial charge >= 0.3 is 0 Å². The van der Waals surface area contributed by atoms with Gasteiger partial charge in [-0.25, -0.2) is 0 Å². The average molecular weight is 328 g/mol. The van der Waals surface area contributed by atoms with Crippen molar-refractivity contribution in [1.82, 2.24) is 9.88 Å². The molecule has 1 aliphatic heterocycles. The maximum absolute atomic E-state index is 13.1. The smallest absolute Gasteiger partial charge is 0.254 e. The number of aliphatic hydroxyl groups is 2. The summed E-state index contributed by atoms with van der Waals surface area (Å²) < 4.78 is 0. The van der Waals surface area contributed by atoms with Gasteiger partial charge in [-0.1, -0.05) is 6.07 Å². The first-order valence-corrected chi connectivity index (χ1v) is 8.34. The first-order chi connectivity index (χ1) is 11.3.